The van der Waals surface area contributed by atoms with Gasteiger partial charge in [-0.15, -0.1) is 0 Å². The molecular formula is C60H81Cl2N9O16. The fraction of sp³-hybridized carbons (Fsp3) is 0.517. The van der Waals surface area contributed by atoms with E-state index in [1.165, 1.54) is 6.08 Å². The number of halogens is 2. The second-order valence-corrected chi connectivity index (χ2v) is 22.2. The lowest BCUT2D eigenvalue weighted by Gasteiger charge is -2.32. The van der Waals surface area contributed by atoms with Crippen LogP contribution in [0.25, 0.3) is 28.1 Å². The minimum absolute atomic E-state index is 0.00369. The molecule has 1 aromatic heterocycles. The first-order valence-electron chi connectivity index (χ1n) is 28.8. The Labute approximate surface area is 516 Å². The number of allylic oxidation sites excluding steroid dienone is 1. The Hall–Kier alpha value is -6.75. The van der Waals surface area contributed by atoms with E-state index in [0.717, 1.165) is 12.0 Å². The number of amides is 3. The molecule has 476 valence electrons. The number of urea groups is 1. The number of anilines is 1. The maximum atomic E-state index is 14.0. The number of hydrogen-bond donors (Lipinski definition) is 6. The van der Waals surface area contributed by atoms with E-state index >= 15 is 0 Å². The van der Waals surface area contributed by atoms with Crippen molar-refractivity contribution in [3.63, 3.8) is 0 Å². The number of nitrogens with one attached hydrogen (secondary N) is 3. The lowest BCUT2D eigenvalue weighted by atomic mass is 9.92. The zero-order chi connectivity index (χ0) is 62.7. The number of benzene rings is 3. The van der Waals surface area contributed by atoms with Gasteiger partial charge < -0.3 is 64.4 Å². The molecule has 1 fully saturated rings. The average Bonchev–Trinajstić information content (AvgIpc) is 2.15. The van der Waals surface area contributed by atoms with Gasteiger partial charge in [0.25, 0.3) is 0 Å². The summed E-state index contributed by atoms with van der Waals surface area (Å²) in [5.74, 6) is -2.64. The third-order valence-corrected chi connectivity index (χ3v) is 14.2. The molecule has 87 heavy (non-hydrogen) atoms. The molecule has 25 nitrogen and oxygen atoms in total. The molecule has 1 saturated heterocycles. The number of ketones is 1. The van der Waals surface area contributed by atoms with E-state index in [1.54, 1.807) is 56.8 Å². The number of aromatic nitrogens is 2. The Morgan fingerprint density at radius 2 is 1.18 bits per heavy atom. The van der Waals surface area contributed by atoms with Gasteiger partial charge in [0.1, 0.15) is 23.8 Å². The number of nitrogens with zero attached hydrogens (tertiary/aromatic N) is 6. The number of rotatable bonds is 34. The Bertz CT molecular complexity index is 2910. The van der Waals surface area contributed by atoms with Crippen LogP contribution in [0, 0.1) is 5.41 Å². The van der Waals surface area contributed by atoms with Gasteiger partial charge in [-0.2, -0.15) is 5.10 Å². The highest BCUT2D eigenvalue weighted by Gasteiger charge is 2.32. The number of carboxylic acids is 3. The maximum absolute atomic E-state index is 14.0. The third-order valence-electron chi connectivity index (χ3n) is 13.8. The van der Waals surface area contributed by atoms with E-state index < -0.39 is 29.4 Å². The number of carbonyl (C=O) groups is 6. The van der Waals surface area contributed by atoms with Gasteiger partial charge in [-0.05, 0) is 54.5 Å². The van der Waals surface area contributed by atoms with Crippen molar-refractivity contribution in [3.05, 3.63) is 88.1 Å². The van der Waals surface area contributed by atoms with Crippen LogP contribution in [0.5, 0.6) is 11.5 Å². The molecule has 0 saturated carbocycles. The summed E-state index contributed by atoms with van der Waals surface area (Å²) in [4.78, 5) is 81.4. The summed E-state index contributed by atoms with van der Waals surface area (Å²) in [6, 6.07) is 15.6. The molecule has 0 unspecified atom stereocenters. The van der Waals surface area contributed by atoms with Crippen molar-refractivity contribution in [2.24, 2.45) is 5.41 Å². The van der Waals surface area contributed by atoms with Crippen LogP contribution in [0.1, 0.15) is 43.2 Å². The zero-order valence-corrected chi connectivity index (χ0v) is 51.3. The fourth-order valence-corrected chi connectivity index (χ4v) is 9.99. The Balaban J connectivity index is 0.885. The van der Waals surface area contributed by atoms with Gasteiger partial charge in [0, 0.05) is 116 Å². The van der Waals surface area contributed by atoms with E-state index in [0.29, 0.717) is 128 Å². The van der Waals surface area contributed by atoms with E-state index in [2.05, 4.69) is 16.0 Å². The molecule has 6 N–H and O–H groups in total. The summed E-state index contributed by atoms with van der Waals surface area (Å²) in [6.45, 7) is 11.6. The summed E-state index contributed by atoms with van der Waals surface area (Å²) in [6.07, 6.45) is 4.25. The van der Waals surface area contributed by atoms with Crippen LogP contribution in [0.3, 0.4) is 0 Å². The van der Waals surface area contributed by atoms with Crippen molar-refractivity contribution in [1.82, 2.24) is 40.0 Å². The van der Waals surface area contributed by atoms with Crippen molar-refractivity contribution in [1.29, 1.82) is 0 Å². The molecular weight excluding hydrogens is 1170 g/mol. The lowest BCUT2D eigenvalue weighted by Crippen LogP contribution is -2.50. The van der Waals surface area contributed by atoms with Crippen molar-refractivity contribution in [2.45, 2.75) is 33.8 Å². The predicted octanol–water partition coefficient (Wildman–Crippen LogP) is 5.39. The van der Waals surface area contributed by atoms with Crippen LogP contribution in [-0.4, -0.2) is 245 Å². The molecule has 3 heterocycles. The monoisotopic (exact) mass is 1250 g/mol. The highest BCUT2D eigenvalue weighted by molar-refractivity contribution is 6.34. The van der Waals surface area contributed by atoms with Crippen LogP contribution in [0.2, 0.25) is 10.0 Å². The second-order valence-electron chi connectivity index (χ2n) is 21.3. The van der Waals surface area contributed by atoms with Crippen molar-refractivity contribution in [3.8, 4) is 39.6 Å². The summed E-state index contributed by atoms with van der Waals surface area (Å²) in [5, 5.41) is 42.5. The second kappa shape index (κ2) is 35.9. The molecule has 0 aliphatic carbocycles. The highest BCUT2D eigenvalue weighted by atomic mass is 35.5. The molecule has 2 aliphatic rings. The van der Waals surface area contributed by atoms with E-state index in [-0.39, 0.29) is 109 Å². The maximum Gasteiger partial charge on any atom is 0.319 e. The first-order chi connectivity index (χ1) is 41.8. The van der Waals surface area contributed by atoms with Crippen LogP contribution >= 0.6 is 23.2 Å². The first-order valence-corrected chi connectivity index (χ1v) is 29.6. The molecule has 6 rings (SSSR count). The quantitative estimate of drug-likeness (QED) is 0.0194. The summed E-state index contributed by atoms with van der Waals surface area (Å²) < 4.78 is 42.0. The zero-order valence-electron chi connectivity index (χ0n) is 49.8. The number of carbonyl (C=O) groups excluding carboxylic acids is 3. The largest absolute Gasteiger partial charge is 0.496 e. The third kappa shape index (κ3) is 23.7. The van der Waals surface area contributed by atoms with Gasteiger partial charge in [0.05, 0.1) is 104 Å². The first kappa shape index (κ1) is 69.4. The van der Waals surface area contributed by atoms with Gasteiger partial charge in [0.2, 0.25) is 11.7 Å². The Morgan fingerprint density at radius 1 is 0.655 bits per heavy atom. The number of methoxy groups -OCH3 is 1. The van der Waals surface area contributed by atoms with Crippen LogP contribution < -0.4 is 25.4 Å². The minimum Gasteiger partial charge on any atom is -0.496 e. The lowest BCUT2D eigenvalue weighted by molar-refractivity contribution is -0.140. The van der Waals surface area contributed by atoms with Gasteiger partial charge in [0.15, 0.2) is 0 Å². The van der Waals surface area contributed by atoms with Crippen LogP contribution in [0.15, 0.2) is 66.7 Å². The van der Waals surface area contributed by atoms with Gasteiger partial charge >= 0.3 is 23.9 Å². The normalized spacial score (nSPS) is 14.7. The molecule has 3 amide bonds. The van der Waals surface area contributed by atoms with Gasteiger partial charge in [-0.25, -0.2) is 9.48 Å². The van der Waals surface area contributed by atoms with Crippen LogP contribution in [-0.2, 0) is 49.5 Å². The smallest absolute Gasteiger partial charge is 0.319 e. The topological polar surface area (TPSA) is 295 Å². The van der Waals surface area contributed by atoms with E-state index in [4.69, 9.17) is 61.5 Å². The molecule has 2 aliphatic heterocycles. The summed E-state index contributed by atoms with van der Waals surface area (Å²) >= 11 is 13.0. The van der Waals surface area contributed by atoms with Crippen molar-refractivity contribution < 1.29 is 77.2 Å². The molecule has 0 bridgehead atoms. The van der Waals surface area contributed by atoms with Crippen LogP contribution in [0.4, 0.5) is 10.5 Å². The Morgan fingerprint density at radius 3 is 1.71 bits per heavy atom. The molecule has 27 heteroatoms. The summed E-state index contributed by atoms with van der Waals surface area (Å²) in [7, 11) is 1.56. The fourth-order valence-electron chi connectivity index (χ4n) is 9.47. The number of aliphatic carboxylic acids is 3. The van der Waals surface area contributed by atoms with Gasteiger partial charge in [-0.3, -0.25) is 43.6 Å². The van der Waals surface area contributed by atoms with Crippen molar-refractivity contribution in [2.75, 3.05) is 170 Å². The number of carboxylic acid groups (broad SMARTS) is 3. The SMILES string of the molecule is CCCOCC(C)(C)/C=C/C(=O)c1nn(-c2cc(Cl)cc(Cl)c2)c2c1COc1cc(OC)c(-c3cccc(NC(=O)NCCOCCOCCOCCOCCNC(=O)CN4CCN(CC(=O)O)CCN(CC(=O)O)CCN(CC(=O)O)CC4)c3)cc1-2. The molecule has 3 aromatic carbocycles. The number of fused-ring (bicyclic) bond motifs is 3. The number of ether oxygens (including phenoxy) is 7. The standard InChI is InChI=1S/C60H81Cl2N9O16/c1-5-21-86-41-60(2,3)10-9-50(72)57-49-40-87-52-35-51(81-4)47(34-48(52)58(49)71(66-57)46-32-43(61)31-44(62)33-46)42-7-6-8-45(30-42)65-59(80)64-12-23-83-25-27-85-29-28-84-26-24-82-22-11-63-53(73)36-67-13-15-68(37-54(74)75)17-19-70(39-56(78)79)20-18-69(16-14-67)38-55(76)77/h6-10,30-35H,5,11-29,36-41H2,1-4H3,(H,63,73)(H,74,75)(H,76,77)(H,78,79)(H2,64,65,80)/b10-9+. The minimum atomic E-state index is -1.03. The van der Waals surface area contributed by atoms with E-state index in [9.17, 15) is 44.1 Å². The molecule has 0 radical (unpaired) electrons. The van der Waals surface area contributed by atoms with E-state index in [1.807, 2.05) is 56.0 Å². The average molecular weight is 1260 g/mol. The Kier molecular flexibility index (Phi) is 28.6. The molecule has 4 aromatic rings. The predicted molar refractivity (Wildman–Crippen MR) is 326 cm³/mol. The molecule has 0 spiro atoms. The molecule has 0 atom stereocenters. The van der Waals surface area contributed by atoms with Crippen molar-refractivity contribution >= 4 is 64.5 Å². The highest BCUT2D eigenvalue weighted by Crippen LogP contribution is 2.46. The van der Waals surface area contributed by atoms with Gasteiger partial charge in [-0.1, -0.05) is 62.2 Å². The summed E-state index contributed by atoms with van der Waals surface area (Å²) in [5.41, 5.74) is 4.13. The number of hydrogen-bond acceptors (Lipinski definition) is 18.